The molecular weight excluding hydrogens is 319 g/mol. The van der Waals surface area contributed by atoms with Crippen LogP contribution in [0.15, 0.2) is 53.4 Å². The minimum atomic E-state index is -3.93. The fourth-order valence-corrected chi connectivity index (χ4v) is 2.87. The quantitative estimate of drug-likeness (QED) is 0.901. The number of urea groups is 1. The first-order valence-electron chi connectivity index (χ1n) is 6.93. The predicted octanol–water partition coefficient (Wildman–Crippen LogP) is 2.88. The van der Waals surface area contributed by atoms with Crippen LogP contribution in [0.3, 0.4) is 0 Å². The highest BCUT2D eigenvalue weighted by atomic mass is 32.2. The van der Waals surface area contributed by atoms with Gasteiger partial charge in [0.25, 0.3) is 10.0 Å². The molecule has 7 heteroatoms. The van der Waals surface area contributed by atoms with Crippen molar-refractivity contribution in [3.05, 3.63) is 65.5 Å². The van der Waals surface area contributed by atoms with Gasteiger partial charge < -0.3 is 5.32 Å². The molecule has 0 heterocycles. The van der Waals surface area contributed by atoms with Gasteiger partial charge in [-0.05, 0) is 43.7 Å². The van der Waals surface area contributed by atoms with Crippen LogP contribution < -0.4 is 10.0 Å². The fraction of sp³-hybridized carbons (Fsp3) is 0.188. The summed E-state index contributed by atoms with van der Waals surface area (Å²) >= 11 is 0. The van der Waals surface area contributed by atoms with Crippen LogP contribution in [0.2, 0.25) is 0 Å². The number of nitrogens with one attached hydrogen (secondary N) is 2. The zero-order chi connectivity index (χ0) is 17.0. The molecule has 2 aromatic rings. The van der Waals surface area contributed by atoms with Gasteiger partial charge in [-0.2, -0.15) is 0 Å². The molecule has 0 unspecified atom stereocenters. The van der Waals surface area contributed by atoms with Crippen LogP contribution in [0.25, 0.3) is 0 Å². The average Bonchev–Trinajstić information content (AvgIpc) is 2.47. The van der Waals surface area contributed by atoms with E-state index in [1.165, 1.54) is 36.4 Å². The Morgan fingerprint density at radius 1 is 1.04 bits per heavy atom. The SMILES string of the molecule is Cc1ccc(S(=O)(=O)NC(=O)N[C@@H](C)c2ccc(F)cc2)cc1. The molecule has 2 amide bonds. The highest BCUT2D eigenvalue weighted by molar-refractivity contribution is 7.90. The number of carbonyl (C=O) groups excluding carboxylic acids is 1. The van der Waals surface area contributed by atoms with E-state index in [2.05, 4.69) is 5.32 Å². The normalized spacial score (nSPS) is 12.5. The molecule has 0 saturated carbocycles. The van der Waals surface area contributed by atoms with Gasteiger partial charge in [-0.1, -0.05) is 29.8 Å². The second-order valence-corrected chi connectivity index (χ2v) is 6.85. The zero-order valence-corrected chi connectivity index (χ0v) is 13.5. The van der Waals surface area contributed by atoms with Gasteiger partial charge in [-0.25, -0.2) is 22.3 Å². The summed E-state index contributed by atoms with van der Waals surface area (Å²) in [5.41, 5.74) is 1.58. The fourth-order valence-electron chi connectivity index (χ4n) is 1.96. The maximum absolute atomic E-state index is 12.9. The van der Waals surface area contributed by atoms with Gasteiger partial charge >= 0.3 is 6.03 Å². The summed E-state index contributed by atoms with van der Waals surface area (Å²) in [5, 5.41) is 2.50. The Labute approximate surface area is 134 Å². The van der Waals surface area contributed by atoms with E-state index >= 15 is 0 Å². The Kier molecular flexibility index (Phi) is 5.00. The Hall–Kier alpha value is -2.41. The number of benzene rings is 2. The predicted molar refractivity (Wildman–Crippen MR) is 84.8 cm³/mol. The summed E-state index contributed by atoms with van der Waals surface area (Å²) in [6.45, 7) is 3.51. The summed E-state index contributed by atoms with van der Waals surface area (Å²) in [7, 11) is -3.93. The van der Waals surface area contributed by atoms with Crippen LogP contribution in [-0.2, 0) is 10.0 Å². The molecule has 0 aliphatic carbocycles. The number of halogens is 1. The lowest BCUT2D eigenvalue weighted by molar-refractivity contribution is 0.243. The monoisotopic (exact) mass is 336 g/mol. The van der Waals surface area contributed by atoms with Gasteiger partial charge in [0, 0.05) is 0 Å². The van der Waals surface area contributed by atoms with Crippen LogP contribution in [0.5, 0.6) is 0 Å². The smallest absolute Gasteiger partial charge is 0.329 e. The third kappa shape index (κ3) is 4.53. The van der Waals surface area contributed by atoms with Gasteiger partial charge in [0.1, 0.15) is 5.82 Å². The third-order valence-corrected chi connectivity index (χ3v) is 4.62. The molecule has 5 nitrogen and oxygen atoms in total. The Balaban J connectivity index is 2.03. The van der Waals surface area contributed by atoms with E-state index in [0.29, 0.717) is 5.56 Å². The standard InChI is InChI=1S/C16H17FN2O3S/c1-11-3-9-15(10-4-11)23(21,22)19-16(20)18-12(2)13-5-7-14(17)8-6-13/h3-10,12H,1-2H3,(H2,18,19,20)/t12-/m0/s1. The van der Waals surface area contributed by atoms with Gasteiger partial charge in [0.2, 0.25) is 0 Å². The topological polar surface area (TPSA) is 75.3 Å². The third-order valence-electron chi connectivity index (χ3n) is 3.28. The number of hydrogen-bond donors (Lipinski definition) is 2. The van der Waals surface area contributed by atoms with E-state index in [1.807, 2.05) is 11.6 Å². The van der Waals surface area contributed by atoms with E-state index < -0.39 is 22.1 Å². The minimum absolute atomic E-state index is 0.00712. The van der Waals surface area contributed by atoms with Crippen molar-refractivity contribution in [1.82, 2.24) is 10.0 Å². The van der Waals surface area contributed by atoms with E-state index in [4.69, 9.17) is 0 Å². The molecule has 0 saturated heterocycles. The van der Waals surface area contributed by atoms with Crippen molar-refractivity contribution in [2.75, 3.05) is 0 Å². The van der Waals surface area contributed by atoms with Gasteiger partial charge in [0.15, 0.2) is 0 Å². The van der Waals surface area contributed by atoms with E-state index in [-0.39, 0.29) is 10.7 Å². The van der Waals surface area contributed by atoms with Gasteiger partial charge in [-0.15, -0.1) is 0 Å². The maximum Gasteiger partial charge on any atom is 0.329 e. The Morgan fingerprint density at radius 2 is 1.61 bits per heavy atom. The number of aryl methyl sites for hydroxylation is 1. The molecule has 0 fully saturated rings. The average molecular weight is 336 g/mol. The molecule has 0 bridgehead atoms. The van der Waals surface area contributed by atoms with Crippen LogP contribution in [0, 0.1) is 12.7 Å². The van der Waals surface area contributed by atoms with Crippen LogP contribution in [0.4, 0.5) is 9.18 Å². The molecule has 0 radical (unpaired) electrons. The lowest BCUT2D eigenvalue weighted by atomic mass is 10.1. The summed E-state index contributed by atoms with van der Waals surface area (Å²) in [5.74, 6) is -0.382. The molecule has 122 valence electrons. The lowest BCUT2D eigenvalue weighted by Gasteiger charge is -2.15. The van der Waals surface area contributed by atoms with Crippen molar-refractivity contribution in [3.63, 3.8) is 0 Å². The zero-order valence-electron chi connectivity index (χ0n) is 12.7. The molecule has 23 heavy (non-hydrogen) atoms. The molecule has 2 N–H and O–H groups in total. The summed E-state index contributed by atoms with van der Waals surface area (Å²) in [6.07, 6.45) is 0. The molecule has 0 aromatic heterocycles. The van der Waals surface area contributed by atoms with Crippen LogP contribution in [0.1, 0.15) is 24.1 Å². The number of rotatable bonds is 4. The van der Waals surface area contributed by atoms with E-state index in [1.54, 1.807) is 19.1 Å². The molecular formula is C16H17FN2O3S. The van der Waals surface area contributed by atoms with Crippen molar-refractivity contribution >= 4 is 16.1 Å². The Bertz CT molecular complexity index is 787. The molecule has 2 rings (SSSR count). The van der Waals surface area contributed by atoms with Crippen molar-refractivity contribution in [3.8, 4) is 0 Å². The molecule has 2 aromatic carbocycles. The number of carbonyl (C=O) groups is 1. The molecule has 0 aliphatic rings. The Morgan fingerprint density at radius 3 is 2.17 bits per heavy atom. The lowest BCUT2D eigenvalue weighted by Crippen LogP contribution is -2.40. The largest absolute Gasteiger partial charge is 0.331 e. The first kappa shape index (κ1) is 17.0. The van der Waals surface area contributed by atoms with Crippen molar-refractivity contribution in [2.24, 2.45) is 0 Å². The molecule has 0 spiro atoms. The van der Waals surface area contributed by atoms with Crippen LogP contribution >= 0.6 is 0 Å². The number of amides is 2. The maximum atomic E-state index is 12.9. The van der Waals surface area contributed by atoms with Crippen molar-refractivity contribution in [1.29, 1.82) is 0 Å². The van der Waals surface area contributed by atoms with Gasteiger partial charge in [-0.3, -0.25) is 0 Å². The second kappa shape index (κ2) is 6.78. The summed E-state index contributed by atoms with van der Waals surface area (Å²) < 4.78 is 39.0. The second-order valence-electron chi connectivity index (χ2n) is 5.17. The van der Waals surface area contributed by atoms with E-state index in [9.17, 15) is 17.6 Å². The van der Waals surface area contributed by atoms with Gasteiger partial charge in [0.05, 0.1) is 10.9 Å². The molecule has 1 atom stereocenters. The minimum Gasteiger partial charge on any atom is -0.331 e. The van der Waals surface area contributed by atoms with Crippen LogP contribution in [-0.4, -0.2) is 14.4 Å². The molecule has 0 aliphatic heterocycles. The first-order chi connectivity index (χ1) is 10.8. The number of sulfonamides is 1. The first-order valence-corrected chi connectivity index (χ1v) is 8.42. The van der Waals surface area contributed by atoms with E-state index in [0.717, 1.165) is 5.56 Å². The number of hydrogen-bond acceptors (Lipinski definition) is 3. The summed E-state index contributed by atoms with van der Waals surface area (Å²) in [6, 6.07) is 10.4. The van der Waals surface area contributed by atoms with Crippen molar-refractivity contribution < 1.29 is 17.6 Å². The van der Waals surface area contributed by atoms with Crippen molar-refractivity contribution in [2.45, 2.75) is 24.8 Å². The highest BCUT2D eigenvalue weighted by Crippen LogP contribution is 2.13. The highest BCUT2D eigenvalue weighted by Gasteiger charge is 2.18. The summed E-state index contributed by atoms with van der Waals surface area (Å²) in [4.78, 5) is 11.9.